The summed E-state index contributed by atoms with van der Waals surface area (Å²) in [4.78, 5) is 26.8. The molecule has 0 fully saturated rings. The minimum absolute atomic E-state index is 0.119. The Balaban J connectivity index is 2.19. The molecule has 86 valence electrons. The number of anilines is 1. The summed E-state index contributed by atoms with van der Waals surface area (Å²) in [6, 6.07) is 6.22. The summed E-state index contributed by atoms with van der Waals surface area (Å²) in [7, 11) is 1.63. The Hall–Kier alpha value is -2.43. The van der Waals surface area contributed by atoms with Crippen molar-refractivity contribution in [3.8, 4) is 0 Å². The maximum absolute atomic E-state index is 11.8. The Labute approximate surface area is 97.7 Å². The number of carbonyl (C=O) groups is 1. The third kappa shape index (κ3) is 2.57. The smallest absolute Gasteiger partial charge is 0.255 e. The Morgan fingerprint density at radius 1 is 1.24 bits per heavy atom. The van der Waals surface area contributed by atoms with E-state index >= 15 is 0 Å². The maximum Gasteiger partial charge on any atom is 0.255 e. The molecular weight excluding hydrogens is 218 g/mol. The average molecular weight is 229 g/mol. The molecular formula is C12H11N3O2. The van der Waals surface area contributed by atoms with Crippen LogP contribution in [0.15, 0.2) is 47.7 Å². The highest BCUT2D eigenvalue weighted by atomic mass is 16.1. The van der Waals surface area contributed by atoms with Crippen LogP contribution in [0.2, 0.25) is 0 Å². The van der Waals surface area contributed by atoms with Crippen LogP contribution in [-0.4, -0.2) is 15.5 Å². The molecule has 0 saturated carbocycles. The van der Waals surface area contributed by atoms with Crippen LogP contribution in [0.25, 0.3) is 0 Å². The van der Waals surface area contributed by atoms with Gasteiger partial charge >= 0.3 is 0 Å². The minimum Gasteiger partial charge on any atom is -0.321 e. The van der Waals surface area contributed by atoms with E-state index < -0.39 is 0 Å². The van der Waals surface area contributed by atoms with Crippen LogP contribution in [0.1, 0.15) is 10.4 Å². The van der Waals surface area contributed by atoms with E-state index in [0.717, 1.165) is 0 Å². The number of aryl methyl sites for hydroxylation is 1. The zero-order valence-corrected chi connectivity index (χ0v) is 9.25. The highest BCUT2D eigenvalue weighted by molar-refractivity contribution is 6.04. The molecule has 0 saturated heterocycles. The Morgan fingerprint density at radius 3 is 2.59 bits per heavy atom. The van der Waals surface area contributed by atoms with Gasteiger partial charge in [0.2, 0.25) is 5.56 Å². The first kappa shape index (κ1) is 11.1. The first-order valence-corrected chi connectivity index (χ1v) is 5.05. The van der Waals surface area contributed by atoms with E-state index in [1.807, 2.05) is 0 Å². The summed E-state index contributed by atoms with van der Waals surface area (Å²) in [6.45, 7) is 0. The number of aromatic nitrogens is 2. The van der Waals surface area contributed by atoms with Gasteiger partial charge in [0.25, 0.3) is 5.91 Å². The molecule has 1 N–H and O–H groups in total. The van der Waals surface area contributed by atoms with Crippen molar-refractivity contribution in [3.63, 3.8) is 0 Å². The predicted molar refractivity (Wildman–Crippen MR) is 63.9 cm³/mol. The summed E-state index contributed by atoms with van der Waals surface area (Å²) < 4.78 is 1.40. The molecule has 0 bridgehead atoms. The molecule has 0 aliphatic rings. The van der Waals surface area contributed by atoms with Crippen LogP contribution in [0, 0.1) is 0 Å². The molecule has 2 aromatic rings. The van der Waals surface area contributed by atoms with Gasteiger partial charge in [0, 0.05) is 37.3 Å². The van der Waals surface area contributed by atoms with Crippen LogP contribution in [0.4, 0.5) is 5.69 Å². The van der Waals surface area contributed by atoms with E-state index in [2.05, 4.69) is 10.3 Å². The van der Waals surface area contributed by atoms with E-state index in [1.54, 1.807) is 43.8 Å². The number of rotatable bonds is 2. The second-order valence-corrected chi connectivity index (χ2v) is 3.56. The lowest BCUT2D eigenvalue weighted by Gasteiger charge is -2.06. The van der Waals surface area contributed by atoms with Crippen molar-refractivity contribution in [3.05, 3.63) is 58.8 Å². The maximum atomic E-state index is 11.8. The Kier molecular flexibility index (Phi) is 3.00. The predicted octanol–water partition coefficient (Wildman–Crippen LogP) is 1.03. The normalized spacial score (nSPS) is 9.94. The number of carbonyl (C=O) groups excluding carboxylic acids is 1. The molecule has 2 rings (SSSR count). The van der Waals surface area contributed by atoms with E-state index in [4.69, 9.17) is 0 Å². The Bertz CT molecular complexity index is 590. The van der Waals surface area contributed by atoms with Crippen LogP contribution in [0.5, 0.6) is 0 Å². The largest absolute Gasteiger partial charge is 0.321 e. The third-order valence-corrected chi connectivity index (χ3v) is 2.29. The number of nitrogens with one attached hydrogen (secondary N) is 1. The summed E-state index contributed by atoms with van der Waals surface area (Å²) in [6.07, 6.45) is 4.67. The molecule has 5 nitrogen and oxygen atoms in total. The van der Waals surface area contributed by atoms with Gasteiger partial charge in [-0.05, 0) is 18.2 Å². The van der Waals surface area contributed by atoms with Gasteiger partial charge < -0.3 is 9.88 Å². The van der Waals surface area contributed by atoms with E-state index in [-0.39, 0.29) is 11.5 Å². The molecule has 0 spiro atoms. The second kappa shape index (κ2) is 4.61. The van der Waals surface area contributed by atoms with Crippen LogP contribution >= 0.6 is 0 Å². The lowest BCUT2D eigenvalue weighted by Crippen LogP contribution is -2.17. The number of pyridine rings is 2. The lowest BCUT2D eigenvalue weighted by molar-refractivity contribution is 0.102. The van der Waals surface area contributed by atoms with Gasteiger partial charge in [-0.15, -0.1) is 0 Å². The van der Waals surface area contributed by atoms with Crippen molar-refractivity contribution < 1.29 is 4.79 Å². The highest BCUT2D eigenvalue weighted by Gasteiger charge is 2.05. The van der Waals surface area contributed by atoms with Crippen LogP contribution < -0.4 is 10.9 Å². The molecule has 1 amide bonds. The molecule has 0 radical (unpaired) electrons. The van der Waals surface area contributed by atoms with Crippen molar-refractivity contribution in [1.29, 1.82) is 0 Å². The van der Waals surface area contributed by atoms with Crippen molar-refractivity contribution in [2.45, 2.75) is 0 Å². The number of hydrogen-bond donors (Lipinski definition) is 1. The summed E-state index contributed by atoms with van der Waals surface area (Å²) in [5.74, 6) is -0.231. The van der Waals surface area contributed by atoms with Gasteiger partial charge in [-0.25, -0.2) is 0 Å². The molecule has 0 unspecified atom stereocenters. The van der Waals surface area contributed by atoms with Gasteiger partial charge in [0.05, 0.1) is 5.69 Å². The zero-order valence-electron chi connectivity index (χ0n) is 9.25. The van der Waals surface area contributed by atoms with Crippen molar-refractivity contribution in [1.82, 2.24) is 9.55 Å². The van der Waals surface area contributed by atoms with Gasteiger partial charge in [-0.2, -0.15) is 0 Å². The zero-order chi connectivity index (χ0) is 12.3. The first-order valence-electron chi connectivity index (χ1n) is 5.05. The fourth-order valence-corrected chi connectivity index (χ4v) is 1.37. The summed E-state index contributed by atoms with van der Waals surface area (Å²) in [5, 5.41) is 2.70. The third-order valence-electron chi connectivity index (χ3n) is 2.29. The fourth-order valence-electron chi connectivity index (χ4n) is 1.37. The topological polar surface area (TPSA) is 64.0 Å². The van der Waals surface area contributed by atoms with E-state index in [1.165, 1.54) is 10.6 Å². The molecule has 0 aromatic carbocycles. The van der Waals surface area contributed by atoms with E-state index in [9.17, 15) is 9.59 Å². The van der Waals surface area contributed by atoms with Crippen molar-refractivity contribution >= 4 is 11.6 Å². The molecule has 0 atom stereocenters. The van der Waals surface area contributed by atoms with Crippen molar-refractivity contribution in [2.75, 3.05) is 5.32 Å². The fraction of sp³-hybridized carbons (Fsp3) is 0.0833. The molecule has 5 heteroatoms. The van der Waals surface area contributed by atoms with Gasteiger partial charge in [0.1, 0.15) is 0 Å². The van der Waals surface area contributed by atoms with Crippen molar-refractivity contribution in [2.24, 2.45) is 7.05 Å². The minimum atomic E-state index is -0.231. The highest BCUT2D eigenvalue weighted by Crippen LogP contribution is 2.06. The molecule has 0 aliphatic carbocycles. The van der Waals surface area contributed by atoms with Gasteiger partial charge in [-0.3, -0.25) is 14.6 Å². The van der Waals surface area contributed by atoms with Crippen LogP contribution in [0.3, 0.4) is 0 Å². The number of amides is 1. The molecule has 2 aromatic heterocycles. The standard InChI is InChI=1S/C12H11N3O2/c1-15-8-10(2-3-11(15)16)14-12(17)9-4-6-13-7-5-9/h2-8H,1H3,(H,14,17). The number of hydrogen-bond acceptors (Lipinski definition) is 3. The molecule has 0 aliphatic heterocycles. The van der Waals surface area contributed by atoms with Crippen LogP contribution in [-0.2, 0) is 7.05 Å². The quantitative estimate of drug-likeness (QED) is 0.836. The average Bonchev–Trinajstić information content (AvgIpc) is 2.35. The van der Waals surface area contributed by atoms with E-state index in [0.29, 0.717) is 11.3 Å². The monoisotopic (exact) mass is 229 g/mol. The first-order chi connectivity index (χ1) is 8.16. The SMILES string of the molecule is Cn1cc(NC(=O)c2ccncc2)ccc1=O. The molecule has 17 heavy (non-hydrogen) atoms. The number of nitrogens with zero attached hydrogens (tertiary/aromatic N) is 2. The summed E-state index contributed by atoms with van der Waals surface area (Å²) >= 11 is 0. The van der Waals surface area contributed by atoms with Gasteiger partial charge in [0.15, 0.2) is 0 Å². The lowest BCUT2D eigenvalue weighted by atomic mass is 10.2. The second-order valence-electron chi connectivity index (χ2n) is 3.56. The molecule has 2 heterocycles. The summed E-state index contributed by atoms with van der Waals surface area (Å²) in [5.41, 5.74) is 0.981. The Morgan fingerprint density at radius 2 is 1.94 bits per heavy atom. The van der Waals surface area contributed by atoms with Gasteiger partial charge in [-0.1, -0.05) is 0 Å².